The SMILES string of the molecule is CCC1=C2c3[nH]c4ccc(OC)cc4c3CCN2C(=O)CC1. The number of carbonyl (C=O) groups excluding carboxylic acids is 1. The highest BCUT2D eigenvalue weighted by molar-refractivity contribution is 5.96. The number of hydrogen-bond donors (Lipinski definition) is 1. The molecule has 0 spiro atoms. The van der Waals surface area contributed by atoms with Crippen LogP contribution in [-0.2, 0) is 11.2 Å². The first-order valence-electron chi connectivity index (χ1n) is 7.94. The summed E-state index contributed by atoms with van der Waals surface area (Å²) < 4.78 is 5.36. The van der Waals surface area contributed by atoms with E-state index in [0.717, 1.165) is 48.5 Å². The van der Waals surface area contributed by atoms with Gasteiger partial charge < -0.3 is 14.6 Å². The molecule has 0 radical (unpaired) electrons. The van der Waals surface area contributed by atoms with Crippen LogP contribution in [-0.4, -0.2) is 29.4 Å². The van der Waals surface area contributed by atoms with E-state index in [1.165, 1.54) is 16.5 Å². The molecular weight excluding hydrogens is 276 g/mol. The lowest BCUT2D eigenvalue weighted by atomic mass is 9.91. The maximum Gasteiger partial charge on any atom is 0.227 e. The maximum absolute atomic E-state index is 12.3. The van der Waals surface area contributed by atoms with E-state index in [4.69, 9.17) is 4.74 Å². The van der Waals surface area contributed by atoms with Gasteiger partial charge >= 0.3 is 0 Å². The summed E-state index contributed by atoms with van der Waals surface area (Å²) in [7, 11) is 1.69. The van der Waals surface area contributed by atoms with Crippen molar-refractivity contribution in [1.29, 1.82) is 0 Å². The van der Waals surface area contributed by atoms with E-state index in [1.807, 2.05) is 11.0 Å². The van der Waals surface area contributed by atoms with Crippen molar-refractivity contribution >= 4 is 22.5 Å². The number of amides is 1. The van der Waals surface area contributed by atoms with Gasteiger partial charge in [-0.25, -0.2) is 0 Å². The van der Waals surface area contributed by atoms with E-state index < -0.39 is 0 Å². The molecular formula is C18H20N2O2. The van der Waals surface area contributed by atoms with Gasteiger partial charge in [-0.2, -0.15) is 0 Å². The highest BCUT2D eigenvalue weighted by Crippen LogP contribution is 2.40. The summed E-state index contributed by atoms with van der Waals surface area (Å²) in [6, 6.07) is 6.13. The van der Waals surface area contributed by atoms with Crippen molar-refractivity contribution in [2.75, 3.05) is 13.7 Å². The lowest BCUT2D eigenvalue weighted by molar-refractivity contribution is -0.128. The number of fused-ring (bicyclic) bond motifs is 5. The maximum atomic E-state index is 12.3. The number of H-pyrrole nitrogens is 1. The minimum Gasteiger partial charge on any atom is -0.497 e. The molecule has 0 saturated carbocycles. The fourth-order valence-corrected chi connectivity index (χ4v) is 3.76. The highest BCUT2D eigenvalue weighted by Gasteiger charge is 2.33. The third kappa shape index (κ3) is 1.79. The first-order valence-corrected chi connectivity index (χ1v) is 7.94. The van der Waals surface area contributed by atoms with Gasteiger partial charge in [-0.3, -0.25) is 4.79 Å². The Bertz CT molecular complexity index is 801. The van der Waals surface area contributed by atoms with Crippen LogP contribution in [0.4, 0.5) is 0 Å². The van der Waals surface area contributed by atoms with Gasteiger partial charge in [0, 0.05) is 23.9 Å². The number of aromatic amines is 1. The van der Waals surface area contributed by atoms with Crippen molar-refractivity contribution in [3.05, 3.63) is 35.0 Å². The summed E-state index contributed by atoms with van der Waals surface area (Å²) in [5.41, 5.74) is 6.10. The molecule has 1 aromatic carbocycles. The molecule has 4 nitrogen and oxygen atoms in total. The van der Waals surface area contributed by atoms with Crippen LogP contribution >= 0.6 is 0 Å². The molecule has 4 heteroatoms. The van der Waals surface area contributed by atoms with Crippen LogP contribution in [0.5, 0.6) is 5.75 Å². The first kappa shape index (κ1) is 13.4. The predicted molar refractivity (Wildman–Crippen MR) is 86.7 cm³/mol. The van der Waals surface area contributed by atoms with Crippen molar-refractivity contribution in [3.63, 3.8) is 0 Å². The number of nitrogens with one attached hydrogen (secondary N) is 1. The van der Waals surface area contributed by atoms with E-state index in [-0.39, 0.29) is 5.91 Å². The lowest BCUT2D eigenvalue weighted by Gasteiger charge is -2.35. The molecule has 0 atom stereocenters. The van der Waals surface area contributed by atoms with E-state index in [0.29, 0.717) is 6.42 Å². The molecule has 114 valence electrons. The van der Waals surface area contributed by atoms with Crippen molar-refractivity contribution in [2.45, 2.75) is 32.6 Å². The number of ether oxygens (including phenoxy) is 1. The zero-order valence-corrected chi connectivity index (χ0v) is 13.0. The lowest BCUT2D eigenvalue weighted by Crippen LogP contribution is -2.38. The Morgan fingerprint density at radius 3 is 2.91 bits per heavy atom. The van der Waals surface area contributed by atoms with Gasteiger partial charge in [0.2, 0.25) is 5.91 Å². The minimum absolute atomic E-state index is 0.258. The van der Waals surface area contributed by atoms with Crippen LogP contribution in [0.3, 0.4) is 0 Å². The third-order valence-corrected chi connectivity index (χ3v) is 4.91. The monoisotopic (exact) mass is 296 g/mol. The second-order valence-electron chi connectivity index (χ2n) is 5.99. The molecule has 0 fully saturated rings. The number of benzene rings is 1. The molecule has 2 aromatic rings. The number of rotatable bonds is 2. The number of carbonyl (C=O) groups is 1. The summed E-state index contributed by atoms with van der Waals surface area (Å²) in [5, 5.41) is 1.22. The van der Waals surface area contributed by atoms with E-state index in [9.17, 15) is 4.79 Å². The molecule has 1 N–H and O–H groups in total. The van der Waals surface area contributed by atoms with Gasteiger partial charge in [-0.05, 0) is 48.6 Å². The molecule has 2 aliphatic heterocycles. The molecule has 3 heterocycles. The summed E-state index contributed by atoms with van der Waals surface area (Å²) in [4.78, 5) is 17.8. The van der Waals surface area contributed by atoms with Gasteiger partial charge in [-0.15, -0.1) is 0 Å². The molecule has 0 bridgehead atoms. The number of aromatic nitrogens is 1. The number of methoxy groups -OCH3 is 1. The fraction of sp³-hybridized carbons (Fsp3) is 0.389. The Balaban J connectivity index is 1.97. The molecule has 1 amide bonds. The van der Waals surface area contributed by atoms with Crippen molar-refractivity contribution in [1.82, 2.24) is 9.88 Å². The van der Waals surface area contributed by atoms with Gasteiger partial charge in [0.15, 0.2) is 0 Å². The predicted octanol–water partition coefficient (Wildman–Crippen LogP) is 3.48. The summed E-state index contributed by atoms with van der Waals surface area (Å²) in [6.45, 7) is 2.96. The van der Waals surface area contributed by atoms with E-state index in [1.54, 1.807) is 7.11 Å². The van der Waals surface area contributed by atoms with E-state index in [2.05, 4.69) is 24.0 Å². The molecule has 1 aromatic heterocycles. The quantitative estimate of drug-likeness (QED) is 0.922. The number of nitrogens with zero attached hydrogens (tertiary/aromatic N) is 1. The largest absolute Gasteiger partial charge is 0.497 e. The Morgan fingerprint density at radius 1 is 1.27 bits per heavy atom. The van der Waals surface area contributed by atoms with Gasteiger partial charge in [0.05, 0.1) is 18.5 Å². The fourth-order valence-electron chi connectivity index (χ4n) is 3.76. The zero-order chi connectivity index (χ0) is 15.3. The van der Waals surface area contributed by atoms with Gasteiger partial charge in [0.25, 0.3) is 0 Å². The Morgan fingerprint density at radius 2 is 2.14 bits per heavy atom. The summed E-state index contributed by atoms with van der Waals surface area (Å²) in [6.07, 6.45) is 3.43. The third-order valence-electron chi connectivity index (χ3n) is 4.91. The van der Waals surface area contributed by atoms with Crippen LogP contribution in [0.25, 0.3) is 16.6 Å². The van der Waals surface area contributed by atoms with Crippen LogP contribution in [0, 0.1) is 0 Å². The van der Waals surface area contributed by atoms with Gasteiger partial charge in [-0.1, -0.05) is 6.92 Å². The highest BCUT2D eigenvalue weighted by atomic mass is 16.5. The Labute approximate surface area is 129 Å². The normalized spacial score (nSPS) is 17.7. The van der Waals surface area contributed by atoms with Crippen molar-refractivity contribution in [2.24, 2.45) is 0 Å². The molecule has 0 unspecified atom stereocenters. The van der Waals surface area contributed by atoms with Crippen LogP contribution in [0.1, 0.15) is 37.4 Å². The zero-order valence-electron chi connectivity index (χ0n) is 13.0. The van der Waals surface area contributed by atoms with E-state index >= 15 is 0 Å². The second-order valence-corrected chi connectivity index (χ2v) is 5.99. The van der Waals surface area contributed by atoms with Crippen LogP contribution < -0.4 is 4.74 Å². The molecule has 0 aliphatic carbocycles. The average Bonchev–Trinajstić information content (AvgIpc) is 2.93. The number of allylic oxidation sites excluding steroid dienone is 1. The van der Waals surface area contributed by atoms with Crippen molar-refractivity contribution in [3.8, 4) is 5.75 Å². The van der Waals surface area contributed by atoms with Crippen LogP contribution in [0.15, 0.2) is 23.8 Å². The molecule has 2 aliphatic rings. The Hall–Kier alpha value is -2.23. The van der Waals surface area contributed by atoms with Crippen LogP contribution in [0.2, 0.25) is 0 Å². The second kappa shape index (κ2) is 4.90. The standard InChI is InChI=1S/C18H20N2O2/c1-3-11-4-7-16(21)20-9-8-13-14-10-12(22-2)5-6-15(14)19-17(13)18(11)20/h5-6,10,19H,3-4,7-9H2,1-2H3. The smallest absolute Gasteiger partial charge is 0.227 e. The molecule has 0 saturated heterocycles. The number of hydrogen-bond acceptors (Lipinski definition) is 2. The summed E-state index contributed by atoms with van der Waals surface area (Å²) >= 11 is 0. The first-order chi connectivity index (χ1) is 10.7. The molecule has 22 heavy (non-hydrogen) atoms. The summed E-state index contributed by atoms with van der Waals surface area (Å²) in [5.74, 6) is 1.13. The topological polar surface area (TPSA) is 45.3 Å². The molecule has 4 rings (SSSR count). The minimum atomic E-state index is 0.258. The Kier molecular flexibility index (Phi) is 2.99. The van der Waals surface area contributed by atoms with Gasteiger partial charge in [0.1, 0.15) is 5.75 Å². The average molecular weight is 296 g/mol. The van der Waals surface area contributed by atoms with Crippen molar-refractivity contribution < 1.29 is 9.53 Å².